The van der Waals surface area contributed by atoms with Crippen LogP contribution in [0.15, 0.2) is 24.3 Å². The summed E-state index contributed by atoms with van der Waals surface area (Å²) in [4.78, 5) is 12.7. The minimum absolute atomic E-state index is 0.00227. The van der Waals surface area contributed by atoms with Gasteiger partial charge in [0.1, 0.15) is 5.75 Å². The zero-order valence-electron chi connectivity index (χ0n) is 12.8. The maximum atomic E-state index is 12.3. The third-order valence-electron chi connectivity index (χ3n) is 3.74. The first-order valence-corrected chi connectivity index (χ1v) is 8.69. The van der Waals surface area contributed by atoms with Gasteiger partial charge in [0.25, 0.3) is 5.91 Å². The van der Waals surface area contributed by atoms with Crippen molar-refractivity contribution in [2.75, 3.05) is 0 Å². The highest BCUT2D eigenvalue weighted by molar-refractivity contribution is 9.09. The SMILES string of the molecule is CC(C)Oc1ccc(C(=O)NC2CCCCCC2Br)cc1. The molecule has 0 heterocycles. The number of nitrogens with one attached hydrogen (secondary N) is 1. The van der Waals surface area contributed by atoms with Gasteiger partial charge in [0.2, 0.25) is 0 Å². The van der Waals surface area contributed by atoms with E-state index in [9.17, 15) is 4.79 Å². The summed E-state index contributed by atoms with van der Waals surface area (Å²) in [6.45, 7) is 3.98. The van der Waals surface area contributed by atoms with Crippen molar-refractivity contribution >= 4 is 21.8 Å². The molecule has 116 valence electrons. The van der Waals surface area contributed by atoms with Crippen molar-refractivity contribution in [2.45, 2.75) is 62.9 Å². The molecule has 4 heteroatoms. The number of carbonyl (C=O) groups excluding carboxylic acids is 1. The topological polar surface area (TPSA) is 38.3 Å². The summed E-state index contributed by atoms with van der Waals surface area (Å²) in [6, 6.07) is 7.59. The minimum Gasteiger partial charge on any atom is -0.491 e. The van der Waals surface area contributed by atoms with Gasteiger partial charge >= 0.3 is 0 Å². The van der Waals surface area contributed by atoms with Crippen LogP contribution in [0.3, 0.4) is 0 Å². The fraction of sp³-hybridized carbons (Fsp3) is 0.588. The summed E-state index contributed by atoms with van der Waals surface area (Å²) >= 11 is 3.71. The van der Waals surface area contributed by atoms with Gasteiger partial charge in [-0.2, -0.15) is 0 Å². The smallest absolute Gasteiger partial charge is 0.251 e. The second-order valence-corrected chi connectivity index (χ2v) is 7.10. The highest BCUT2D eigenvalue weighted by atomic mass is 79.9. The number of hydrogen-bond acceptors (Lipinski definition) is 2. The molecule has 1 N–H and O–H groups in total. The largest absolute Gasteiger partial charge is 0.491 e. The Labute approximate surface area is 135 Å². The van der Waals surface area contributed by atoms with E-state index in [1.54, 1.807) is 0 Å². The average Bonchev–Trinajstić information content (AvgIpc) is 2.64. The Morgan fingerprint density at radius 2 is 1.86 bits per heavy atom. The quantitative estimate of drug-likeness (QED) is 0.647. The molecule has 21 heavy (non-hydrogen) atoms. The fourth-order valence-corrected chi connectivity index (χ4v) is 3.35. The van der Waals surface area contributed by atoms with E-state index in [4.69, 9.17) is 4.74 Å². The Kier molecular flexibility index (Phi) is 6.09. The normalized spacial score (nSPS) is 22.7. The molecule has 1 aromatic carbocycles. The molecule has 0 bridgehead atoms. The number of rotatable bonds is 4. The predicted octanol–water partition coefficient (Wildman–Crippen LogP) is 4.30. The van der Waals surface area contributed by atoms with Crippen LogP contribution in [0.1, 0.15) is 56.3 Å². The molecule has 1 saturated carbocycles. The number of alkyl halides is 1. The number of carbonyl (C=O) groups is 1. The summed E-state index contributed by atoms with van der Waals surface area (Å²) in [5.74, 6) is 0.803. The Hall–Kier alpha value is -1.03. The van der Waals surface area contributed by atoms with Crippen molar-refractivity contribution in [1.29, 1.82) is 0 Å². The third kappa shape index (κ3) is 5.03. The predicted molar refractivity (Wildman–Crippen MR) is 89.3 cm³/mol. The van der Waals surface area contributed by atoms with E-state index in [0.717, 1.165) is 18.6 Å². The van der Waals surface area contributed by atoms with Crippen molar-refractivity contribution in [1.82, 2.24) is 5.32 Å². The van der Waals surface area contributed by atoms with E-state index in [-0.39, 0.29) is 18.1 Å². The molecular weight excluding hydrogens is 330 g/mol. The Morgan fingerprint density at radius 3 is 2.52 bits per heavy atom. The highest BCUT2D eigenvalue weighted by Crippen LogP contribution is 2.24. The Bertz CT molecular complexity index is 458. The maximum Gasteiger partial charge on any atom is 0.251 e. The van der Waals surface area contributed by atoms with Crippen molar-refractivity contribution in [3.05, 3.63) is 29.8 Å². The van der Waals surface area contributed by atoms with Crippen LogP contribution in [-0.4, -0.2) is 22.9 Å². The minimum atomic E-state index is 0.00227. The third-order valence-corrected chi connectivity index (χ3v) is 4.83. The van der Waals surface area contributed by atoms with Gasteiger partial charge in [-0.1, -0.05) is 35.2 Å². The molecule has 0 radical (unpaired) electrons. The number of benzene rings is 1. The highest BCUT2D eigenvalue weighted by Gasteiger charge is 2.23. The molecular formula is C17H24BrNO2. The van der Waals surface area contributed by atoms with E-state index >= 15 is 0 Å². The summed E-state index contributed by atoms with van der Waals surface area (Å²) < 4.78 is 5.59. The molecule has 1 aliphatic carbocycles. The van der Waals surface area contributed by atoms with Gasteiger partial charge in [-0.3, -0.25) is 4.79 Å². The molecule has 0 aromatic heterocycles. The molecule has 1 aliphatic rings. The Balaban J connectivity index is 1.96. The van der Waals surface area contributed by atoms with E-state index in [0.29, 0.717) is 10.4 Å². The van der Waals surface area contributed by atoms with Gasteiger partial charge in [0.15, 0.2) is 0 Å². The lowest BCUT2D eigenvalue weighted by Crippen LogP contribution is -2.40. The van der Waals surface area contributed by atoms with Gasteiger partial charge in [-0.05, 0) is 51.0 Å². The molecule has 3 nitrogen and oxygen atoms in total. The molecule has 2 unspecified atom stereocenters. The lowest BCUT2D eigenvalue weighted by Gasteiger charge is -2.21. The van der Waals surface area contributed by atoms with E-state index in [1.807, 2.05) is 38.1 Å². The van der Waals surface area contributed by atoms with Crippen molar-refractivity contribution in [3.8, 4) is 5.75 Å². The maximum absolute atomic E-state index is 12.3. The lowest BCUT2D eigenvalue weighted by molar-refractivity contribution is 0.0935. The van der Waals surface area contributed by atoms with Crippen molar-refractivity contribution in [2.24, 2.45) is 0 Å². The first-order valence-electron chi connectivity index (χ1n) is 7.78. The first-order chi connectivity index (χ1) is 10.1. The molecule has 2 atom stereocenters. The monoisotopic (exact) mass is 353 g/mol. The fourth-order valence-electron chi connectivity index (χ4n) is 2.63. The van der Waals surface area contributed by atoms with Crippen LogP contribution in [0.5, 0.6) is 5.75 Å². The molecule has 1 fully saturated rings. The van der Waals surface area contributed by atoms with Crippen LogP contribution in [0.4, 0.5) is 0 Å². The van der Waals surface area contributed by atoms with Crippen LogP contribution in [0, 0.1) is 0 Å². The summed E-state index contributed by atoms with van der Waals surface area (Å²) in [7, 11) is 0. The number of hydrogen-bond donors (Lipinski definition) is 1. The lowest BCUT2D eigenvalue weighted by atomic mass is 10.1. The van der Waals surface area contributed by atoms with Crippen molar-refractivity contribution in [3.63, 3.8) is 0 Å². The molecule has 1 aromatic rings. The first kappa shape index (κ1) is 16.3. The molecule has 0 spiro atoms. The van der Waals surface area contributed by atoms with Crippen LogP contribution in [0.2, 0.25) is 0 Å². The van der Waals surface area contributed by atoms with E-state index in [1.165, 1.54) is 19.3 Å². The standard InChI is InChI=1S/C17H24BrNO2/c1-12(2)21-14-10-8-13(9-11-14)17(20)19-16-7-5-3-4-6-15(16)18/h8-12,15-16H,3-7H2,1-2H3,(H,19,20). The van der Waals surface area contributed by atoms with Crippen LogP contribution in [0.25, 0.3) is 0 Å². The summed E-state index contributed by atoms with van der Waals surface area (Å²) in [5.41, 5.74) is 0.690. The van der Waals surface area contributed by atoms with Crippen molar-refractivity contribution < 1.29 is 9.53 Å². The van der Waals surface area contributed by atoms with Gasteiger partial charge in [0.05, 0.1) is 6.10 Å². The van der Waals surface area contributed by atoms with Gasteiger partial charge in [-0.25, -0.2) is 0 Å². The molecule has 0 aliphatic heterocycles. The number of ether oxygens (including phenoxy) is 1. The van der Waals surface area contributed by atoms with E-state index in [2.05, 4.69) is 21.2 Å². The van der Waals surface area contributed by atoms with Gasteiger partial charge in [-0.15, -0.1) is 0 Å². The average molecular weight is 354 g/mol. The number of halogens is 1. The van der Waals surface area contributed by atoms with Crippen LogP contribution >= 0.6 is 15.9 Å². The van der Waals surface area contributed by atoms with Gasteiger partial charge in [0, 0.05) is 16.4 Å². The molecule has 2 rings (SSSR count). The van der Waals surface area contributed by atoms with Gasteiger partial charge < -0.3 is 10.1 Å². The summed E-state index contributed by atoms with van der Waals surface area (Å²) in [5, 5.41) is 3.16. The second kappa shape index (κ2) is 7.83. The molecule has 1 amide bonds. The Morgan fingerprint density at radius 1 is 1.19 bits per heavy atom. The van der Waals surface area contributed by atoms with Crippen LogP contribution < -0.4 is 10.1 Å². The molecule has 0 saturated heterocycles. The number of amides is 1. The zero-order valence-corrected chi connectivity index (χ0v) is 14.4. The van der Waals surface area contributed by atoms with E-state index < -0.39 is 0 Å². The van der Waals surface area contributed by atoms with Crippen LogP contribution in [-0.2, 0) is 0 Å². The second-order valence-electron chi connectivity index (χ2n) is 5.92. The zero-order chi connectivity index (χ0) is 15.2. The summed E-state index contributed by atoms with van der Waals surface area (Å²) in [6.07, 6.45) is 6.01.